The van der Waals surface area contributed by atoms with Gasteiger partial charge in [-0.2, -0.15) is 0 Å². The summed E-state index contributed by atoms with van der Waals surface area (Å²) in [7, 11) is 1.58. The van der Waals surface area contributed by atoms with Crippen molar-refractivity contribution in [1.29, 1.82) is 0 Å². The minimum Gasteiger partial charge on any atom is -0.497 e. The topological polar surface area (TPSA) is 84.0 Å². The van der Waals surface area contributed by atoms with E-state index in [0.29, 0.717) is 43.5 Å². The summed E-state index contributed by atoms with van der Waals surface area (Å²) in [6, 6.07) is 13.2. The van der Waals surface area contributed by atoms with Crippen LogP contribution in [-0.4, -0.2) is 51.3 Å². The third-order valence-corrected chi connectivity index (χ3v) is 4.07. The number of ether oxygens (including phenoxy) is 2. The van der Waals surface area contributed by atoms with E-state index < -0.39 is 5.82 Å². The van der Waals surface area contributed by atoms with E-state index >= 15 is 0 Å². The first-order valence-electron chi connectivity index (χ1n) is 9.89. The molecule has 0 heterocycles. The summed E-state index contributed by atoms with van der Waals surface area (Å²) in [5, 5.41) is 9.13. The van der Waals surface area contributed by atoms with Gasteiger partial charge in [0.1, 0.15) is 11.9 Å². The van der Waals surface area contributed by atoms with E-state index in [4.69, 9.17) is 9.47 Å². The van der Waals surface area contributed by atoms with E-state index in [1.165, 1.54) is 6.07 Å². The second kappa shape index (κ2) is 12.3. The molecule has 0 radical (unpaired) electrons. The molecule has 8 heteroatoms. The van der Waals surface area contributed by atoms with Gasteiger partial charge < -0.3 is 25.4 Å². The molecule has 0 aliphatic heterocycles. The maximum absolute atomic E-state index is 13.7. The van der Waals surface area contributed by atoms with Crippen LogP contribution in [0, 0.1) is 5.82 Å². The van der Waals surface area contributed by atoms with E-state index in [1.807, 2.05) is 13.8 Å². The summed E-state index contributed by atoms with van der Waals surface area (Å²) in [4.78, 5) is 16.6. The van der Waals surface area contributed by atoms with Gasteiger partial charge >= 0.3 is 0 Å². The average molecular weight is 416 g/mol. The van der Waals surface area contributed by atoms with Gasteiger partial charge in [-0.05, 0) is 50.2 Å². The third kappa shape index (κ3) is 7.62. The molecule has 162 valence electrons. The van der Waals surface area contributed by atoms with Gasteiger partial charge in [-0.15, -0.1) is 0 Å². The first-order valence-corrected chi connectivity index (χ1v) is 9.89. The Morgan fingerprint density at radius 3 is 2.43 bits per heavy atom. The first-order chi connectivity index (χ1) is 14.5. The van der Waals surface area contributed by atoms with Crippen LogP contribution in [-0.2, 0) is 0 Å². The normalized spacial score (nSPS) is 12.1. The second-order valence-corrected chi connectivity index (χ2v) is 6.49. The molecule has 2 aromatic rings. The van der Waals surface area contributed by atoms with Crippen molar-refractivity contribution in [3.63, 3.8) is 0 Å². The van der Waals surface area contributed by atoms with Gasteiger partial charge in [-0.1, -0.05) is 12.1 Å². The first kappa shape index (κ1) is 23.0. The number of hydrogen-bond acceptors (Lipinski definition) is 4. The average Bonchev–Trinajstić information content (AvgIpc) is 2.76. The van der Waals surface area contributed by atoms with Crippen LogP contribution < -0.4 is 25.4 Å². The fourth-order valence-electron chi connectivity index (χ4n) is 2.56. The van der Waals surface area contributed by atoms with Crippen molar-refractivity contribution in [2.24, 2.45) is 4.99 Å². The Hall–Kier alpha value is -3.29. The van der Waals surface area contributed by atoms with Crippen molar-refractivity contribution in [3.8, 4) is 11.5 Å². The van der Waals surface area contributed by atoms with E-state index in [0.717, 1.165) is 0 Å². The van der Waals surface area contributed by atoms with Crippen LogP contribution in [0.3, 0.4) is 0 Å². The van der Waals surface area contributed by atoms with Gasteiger partial charge in [-0.3, -0.25) is 4.79 Å². The Morgan fingerprint density at radius 2 is 1.77 bits per heavy atom. The van der Waals surface area contributed by atoms with E-state index in [2.05, 4.69) is 20.9 Å². The zero-order valence-corrected chi connectivity index (χ0v) is 17.6. The Kier molecular flexibility index (Phi) is 9.44. The summed E-state index contributed by atoms with van der Waals surface area (Å²) in [5.74, 6) is 0.951. The fraction of sp³-hybridized carbons (Fsp3) is 0.364. The number of amides is 1. The second-order valence-electron chi connectivity index (χ2n) is 6.49. The molecule has 0 aromatic heterocycles. The molecule has 30 heavy (non-hydrogen) atoms. The van der Waals surface area contributed by atoms with Crippen LogP contribution in [0.15, 0.2) is 53.5 Å². The quantitative estimate of drug-likeness (QED) is 0.315. The molecule has 1 atom stereocenters. The van der Waals surface area contributed by atoms with E-state index in [9.17, 15) is 9.18 Å². The number of guanidine groups is 1. The van der Waals surface area contributed by atoms with Gasteiger partial charge in [0, 0.05) is 25.2 Å². The fourth-order valence-corrected chi connectivity index (χ4v) is 2.56. The summed E-state index contributed by atoms with van der Waals surface area (Å²) < 4.78 is 24.4. The third-order valence-electron chi connectivity index (χ3n) is 4.07. The summed E-state index contributed by atoms with van der Waals surface area (Å²) in [6.07, 6.45) is -0.299. The van der Waals surface area contributed by atoms with Crippen LogP contribution in [0.4, 0.5) is 4.39 Å². The van der Waals surface area contributed by atoms with Crippen molar-refractivity contribution in [2.45, 2.75) is 20.0 Å². The molecule has 0 fully saturated rings. The molecule has 1 unspecified atom stereocenters. The van der Waals surface area contributed by atoms with Crippen LogP contribution in [0.25, 0.3) is 0 Å². The summed E-state index contributed by atoms with van der Waals surface area (Å²) >= 11 is 0. The highest BCUT2D eigenvalue weighted by Gasteiger charge is 2.08. The lowest BCUT2D eigenvalue weighted by atomic mass is 10.2. The predicted molar refractivity (Wildman–Crippen MR) is 116 cm³/mol. The molecule has 1 amide bonds. The number of carbonyl (C=O) groups excluding carboxylic acids is 1. The molecule has 3 N–H and O–H groups in total. The minimum absolute atomic E-state index is 0.159. The van der Waals surface area contributed by atoms with Crippen molar-refractivity contribution in [1.82, 2.24) is 16.0 Å². The van der Waals surface area contributed by atoms with E-state index in [1.54, 1.807) is 49.6 Å². The number of para-hydroxylation sites is 1. The number of hydrogen-bond donors (Lipinski definition) is 3. The van der Waals surface area contributed by atoms with Gasteiger partial charge in [-0.25, -0.2) is 9.38 Å². The molecule has 7 nitrogen and oxygen atoms in total. The van der Waals surface area contributed by atoms with Gasteiger partial charge in [0.2, 0.25) is 0 Å². The SMILES string of the molecule is CCNC(=NCC(C)Oc1ccccc1F)NCCNC(=O)c1ccc(OC)cc1. The molecule has 2 aromatic carbocycles. The molecule has 0 aliphatic rings. The number of aliphatic imine (C=N–C) groups is 1. The van der Waals surface area contributed by atoms with Crippen LogP contribution in [0.1, 0.15) is 24.2 Å². The summed E-state index contributed by atoms with van der Waals surface area (Å²) in [6.45, 7) is 5.75. The lowest BCUT2D eigenvalue weighted by Gasteiger charge is -2.15. The molecular weight excluding hydrogens is 387 g/mol. The molecule has 0 saturated heterocycles. The molecule has 0 spiro atoms. The standard InChI is InChI=1S/C22H29FN4O3/c1-4-24-22(27-15-16(2)30-20-8-6-5-7-19(20)23)26-14-13-25-21(28)17-9-11-18(29-3)12-10-17/h5-12,16H,4,13-15H2,1-3H3,(H,25,28)(H2,24,26,27). The Labute approximate surface area is 176 Å². The van der Waals surface area contributed by atoms with Crippen molar-refractivity contribution in [2.75, 3.05) is 33.3 Å². The molecular formula is C22H29FN4O3. The number of carbonyl (C=O) groups is 1. The van der Waals surface area contributed by atoms with E-state index in [-0.39, 0.29) is 17.8 Å². The number of methoxy groups -OCH3 is 1. The monoisotopic (exact) mass is 416 g/mol. The molecule has 0 bridgehead atoms. The molecule has 0 saturated carbocycles. The van der Waals surface area contributed by atoms with Crippen LogP contribution in [0.5, 0.6) is 11.5 Å². The Bertz CT molecular complexity index is 827. The summed E-state index contributed by atoms with van der Waals surface area (Å²) in [5.41, 5.74) is 0.565. The predicted octanol–water partition coefficient (Wildman–Crippen LogP) is 2.59. The zero-order chi connectivity index (χ0) is 21.8. The maximum Gasteiger partial charge on any atom is 0.251 e. The number of halogens is 1. The lowest BCUT2D eigenvalue weighted by molar-refractivity contribution is 0.0954. The van der Waals surface area contributed by atoms with Crippen LogP contribution >= 0.6 is 0 Å². The number of benzene rings is 2. The highest BCUT2D eigenvalue weighted by atomic mass is 19.1. The van der Waals surface area contributed by atoms with Gasteiger partial charge in [0.15, 0.2) is 17.5 Å². The number of nitrogens with zero attached hydrogens (tertiary/aromatic N) is 1. The van der Waals surface area contributed by atoms with Gasteiger partial charge in [0.05, 0.1) is 13.7 Å². The lowest BCUT2D eigenvalue weighted by Crippen LogP contribution is -2.42. The van der Waals surface area contributed by atoms with Crippen LogP contribution in [0.2, 0.25) is 0 Å². The Balaban J connectivity index is 1.77. The highest BCUT2D eigenvalue weighted by Crippen LogP contribution is 2.17. The smallest absolute Gasteiger partial charge is 0.251 e. The highest BCUT2D eigenvalue weighted by molar-refractivity contribution is 5.94. The largest absolute Gasteiger partial charge is 0.497 e. The van der Waals surface area contributed by atoms with Crippen molar-refractivity contribution in [3.05, 3.63) is 59.9 Å². The van der Waals surface area contributed by atoms with Crippen molar-refractivity contribution < 1.29 is 18.7 Å². The zero-order valence-electron chi connectivity index (χ0n) is 17.6. The number of nitrogens with one attached hydrogen (secondary N) is 3. The molecule has 0 aliphatic carbocycles. The van der Waals surface area contributed by atoms with Gasteiger partial charge in [0.25, 0.3) is 5.91 Å². The molecule has 2 rings (SSSR count). The number of rotatable bonds is 10. The maximum atomic E-state index is 13.7. The minimum atomic E-state index is -0.397. The van der Waals surface area contributed by atoms with Crippen molar-refractivity contribution >= 4 is 11.9 Å². The Morgan fingerprint density at radius 1 is 1.07 bits per heavy atom.